The Morgan fingerprint density at radius 2 is 2.10 bits per heavy atom. The average molecular weight is 297 g/mol. The van der Waals surface area contributed by atoms with E-state index < -0.39 is 0 Å². The second-order valence-electron chi connectivity index (χ2n) is 5.33. The third-order valence-corrected chi connectivity index (χ3v) is 4.78. The van der Waals surface area contributed by atoms with E-state index in [1.807, 2.05) is 0 Å². The number of fused-ring (bicyclic) bond motifs is 1. The van der Waals surface area contributed by atoms with Gasteiger partial charge in [0.25, 0.3) is 0 Å². The Balaban J connectivity index is 1.61. The minimum absolute atomic E-state index is 0.0973. The van der Waals surface area contributed by atoms with Gasteiger partial charge in [-0.3, -0.25) is 0 Å². The Morgan fingerprint density at radius 3 is 2.90 bits per heavy atom. The van der Waals surface area contributed by atoms with Crippen LogP contribution in [0, 0.1) is 6.92 Å². The van der Waals surface area contributed by atoms with Gasteiger partial charge in [-0.05, 0) is 35.4 Å². The van der Waals surface area contributed by atoms with Crippen molar-refractivity contribution in [3.63, 3.8) is 0 Å². The lowest BCUT2D eigenvalue weighted by Crippen LogP contribution is -2.28. The summed E-state index contributed by atoms with van der Waals surface area (Å²) in [5.74, 6) is 1.36. The highest BCUT2D eigenvalue weighted by Gasteiger charge is 2.24. The number of nitrogens with one attached hydrogen (secondary N) is 1. The van der Waals surface area contributed by atoms with Crippen LogP contribution in [0.3, 0.4) is 0 Å². The Kier molecular flexibility index (Phi) is 3.09. The van der Waals surface area contributed by atoms with Crippen LogP contribution in [0.25, 0.3) is 11.4 Å². The summed E-state index contributed by atoms with van der Waals surface area (Å²) in [7, 11) is 0. The van der Waals surface area contributed by atoms with Crippen molar-refractivity contribution < 1.29 is 4.52 Å². The average Bonchev–Trinajstić information content (AvgIpc) is 3.15. The molecule has 0 saturated heterocycles. The molecule has 0 radical (unpaired) electrons. The van der Waals surface area contributed by atoms with Crippen molar-refractivity contribution in [1.29, 1.82) is 0 Å². The molecular formula is C16H15N3OS. The number of rotatable bonds is 2. The molecule has 0 aliphatic carbocycles. The molecule has 0 bridgehead atoms. The summed E-state index contributed by atoms with van der Waals surface area (Å²) in [5.41, 5.74) is 4.95. The van der Waals surface area contributed by atoms with Crippen LogP contribution in [0.15, 0.2) is 39.5 Å². The third kappa shape index (κ3) is 2.28. The fraction of sp³-hybridized carbons (Fsp3) is 0.250. The van der Waals surface area contributed by atoms with E-state index in [1.165, 1.54) is 16.7 Å². The van der Waals surface area contributed by atoms with Crippen molar-refractivity contribution in [2.75, 3.05) is 0 Å². The van der Waals surface area contributed by atoms with Gasteiger partial charge in [0, 0.05) is 17.5 Å². The minimum Gasteiger partial charge on any atom is -0.337 e. The lowest BCUT2D eigenvalue weighted by Gasteiger charge is -2.23. The van der Waals surface area contributed by atoms with Crippen molar-refractivity contribution in [3.8, 4) is 11.4 Å². The number of aryl methyl sites for hydroxylation is 1. The van der Waals surface area contributed by atoms with Crippen molar-refractivity contribution >= 4 is 11.3 Å². The maximum Gasteiger partial charge on any atom is 0.244 e. The van der Waals surface area contributed by atoms with Crippen LogP contribution in [-0.4, -0.2) is 10.1 Å². The third-order valence-electron chi connectivity index (χ3n) is 3.92. The first kappa shape index (κ1) is 12.7. The van der Waals surface area contributed by atoms with Gasteiger partial charge in [-0.15, -0.1) is 0 Å². The summed E-state index contributed by atoms with van der Waals surface area (Å²) in [5, 5.41) is 11.8. The van der Waals surface area contributed by atoms with E-state index in [0.717, 1.165) is 18.5 Å². The Hall–Kier alpha value is -1.98. The summed E-state index contributed by atoms with van der Waals surface area (Å²) in [4.78, 5) is 4.58. The summed E-state index contributed by atoms with van der Waals surface area (Å²) in [6.45, 7) is 2.91. The van der Waals surface area contributed by atoms with Gasteiger partial charge in [-0.1, -0.05) is 29.4 Å². The Morgan fingerprint density at radius 1 is 1.24 bits per heavy atom. The molecule has 1 aliphatic rings. The molecule has 106 valence electrons. The molecule has 4 rings (SSSR count). The predicted molar refractivity (Wildman–Crippen MR) is 82.1 cm³/mol. The predicted octanol–water partition coefficient (Wildman–Crippen LogP) is 3.49. The molecular weight excluding hydrogens is 282 g/mol. The van der Waals surface area contributed by atoms with Gasteiger partial charge in [0.15, 0.2) is 0 Å². The van der Waals surface area contributed by atoms with Crippen molar-refractivity contribution in [2.45, 2.75) is 25.9 Å². The van der Waals surface area contributed by atoms with E-state index in [9.17, 15) is 0 Å². The number of aromatic nitrogens is 2. The highest BCUT2D eigenvalue weighted by molar-refractivity contribution is 7.08. The van der Waals surface area contributed by atoms with Gasteiger partial charge < -0.3 is 9.84 Å². The van der Waals surface area contributed by atoms with E-state index in [0.29, 0.717) is 11.7 Å². The summed E-state index contributed by atoms with van der Waals surface area (Å²) >= 11 is 1.66. The summed E-state index contributed by atoms with van der Waals surface area (Å²) in [6, 6.07) is 8.58. The van der Waals surface area contributed by atoms with Crippen molar-refractivity contribution in [2.24, 2.45) is 0 Å². The zero-order valence-corrected chi connectivity index (χ0v) is 12.5. The fourth-order valence-corrected chi connectivity index (χ4v) is 3.53. The minimum atomic E-state index is 0.0973. The maximum absolute atomic E-state index is 5.48. The van der Waals surface area contributed by atoms with E-state index in [1.54, 1.807) is 11.3 Å². The number of hydrogen-bond donors (Lipinski definition) is 1. The normalized spacial score (nSPS) is 17.7. The fourth-order valence-electron chi connectivity index (χ4n) is 2.70. The molecule has 0 spiro atoms. The molecule has 0 fully saturated rings. The van der Waals surface area contributed by atoms with Gasteiger partial charge in [0.1, 0.15) is 0 Å². The summed E-state index contributed by atoms with van der Waals surface area (Å²) in [6.07, 6.45) is 0.889. The monoisotopic (exact) mass is 297 g/mol. The van der Waals surface area contributed by atoms with Gasteiger partial charge >= 0.3 is 0 Å². The smallest absolute Gasteiger partial charge is 0.244 e. The van der Waals surface area contributed by atoms with Gasteiger partial charge in [-0.25, -0.2) is 0 Å². The van der Waals surface area contributed by atoms with Crippen LogP contribution >= 0.6 is 11.3 Å². The second kappa shape index (κ2) is 5.09. The van der Waals surface area contributed by atoms with Gasteiger partial charge in [0.05, 0.1) is 6.04 Å². The molecule has 5 heteroatoms. The van der Waals surface area contributed by atoms with Gasteiger partial charge in [-0.2, -0.15) is 16.3 Å². The highest BCUT2D eigenvalue weighted by Crippen LogP contribution is 2.28. The van der Waals surface area contributed by atoms with Crippen LogP contribution in [0.1, 0.15) is 28.6 Å². The standard InChI is InChI=1S/C16H15N3OS/c1-10-8-21-9-13(10)15-18-16(20-19-15)14-6-11-4-2-3-5-12(11)7-17-14/h2-5,8-9,14,17H,6-7H2,1H3/t14-/m0/s1. The van der Waals surface area contributed by atoms with Gasteiger partial charge in [0.2, 0.25) is 11.7 Å². The molecule has 0 amide bonds. The molecule has 0 unspecified atom stereocenters. The van der Waals surface area contributed by atoms with E-state index in [2.05, 4.69) is 57.4 Å². The number of nitrogens with zero attached hydrogens (tertiary/aromatic N) is 2. The second-order valence-corrected chi connectivity index (χ2v) is 6.07. The van der Waals surface area contributed by atoms with Crippen molar-refractivity contribution in [3.05, 3.63) is 57.6 Å². The van der Waals surface area contributed by atoms with Crippen molar-refractivity contribution in [1.82, 2.24) is 15.5 Å². The zero-order chi connectivity index (χ0) is 14.2. The van der Waals surface area contributed by atoms with Crippen LogP contribution < -0.4 is 5.32 Å². The van der Waals surface area contributed by atoms with E-state index in [-0.39, 0.29) is 6.04 Å². The molecule has 3 heterocycles. The largest absolute Gasteiger partial charge is 0.337 e. The number of benzene rings is 1. The highest BCUT2D eigenvalue weighted by atomic mass is 32.1. The molecule has 1 N–H and O–H groups in total. The zero-order valence-electron chi connectivity index (χ0n) is 11.7. The molecule has 21 heavy (non-hydrogen) atoms. The van der Waals surface area contributed by atoms with Crippen LogP contribution in [0.5, 0.6) is 0 Å². The van der Waals surface area contributed by atoms with Crippen LogP contribution in [0.4, 0.5) is 0 Å². The maximum atomic E-state index is 5.48. The SMILES string of the molecule is Cc1cscc1-c1noc([C@@H]2Cc3ccccc3CN2)n1. The number of thiophene rings is 1. The molecule has 1 aliphatic heterocycles. The Bertz CT molecular complexity index is 777. The first-order valence-corrected chi connectivity index (χ1v) is 7.92. The Labute approximate surface area is 126 Å². The summed E-state index contributed by atoms with van der Waals surface area (Å²) < 4.78 is 5.48. The first-order valence-electron chi connectivity index (χ1n) is 6.98. The first-order chi connectivity index (χ1) is 10.3. The molecule has 1 aromatic carbocycles. The van der Waals surface area contributed by atoms with E-state index >= 15 is 0 Å². The lowest BCUT2D eigenvalue weighted by molar-refractivity contribution is 0.321. The molecule has 3 aromatic rings. The quantitative estimate of drug-likeness (QED) is 0.786. The molecule has 4 nitrogen and oxygen atoms in total. The molecule has 0 saturated carbocycles. The molecule has 1 atom stereocenters. The molecule has 2 aromatic heterocycles. The van der Waals surface area contributed by atoms with E-state index in [4.69, 9.17) is 4.52 Å². The van der Waals surface area contributed by atoms with Crippen LogP contribution in [0.2, 0.25) is 0 Å². The van der Waals surface area contributed by atoms with Crippen LogP contribution in [-0.2, 0) is 13.0 Å². The topological polar surface area (TPSA) is 51.0 Å². The lowest BCUT2D eigenvalue weighted by atomic mass is 9.96. The number of hydrogen-bond acceptors (Lipinski definition) is 5.